The van der Waals surface area contributed by atoms with Crippen LogP contribution in [0.2, 0.25) is 0 Å². The van der Waals surface area contributed by atoms with Gasteiger partial charge in [0.25, 0.3) is 0 Å². The van der Waals surface area contributed by atoms with Crippen molar-refractivity contribution in [3.63, 3.8) is 0 Å². The normalized spacial score (nSPS) is 23.7. The van der Waals surface area contributed by atoms with Crippen LogP contribution >= 0.6 is 0 Å². The molecule has 0 aromatic heterocycles. The first-order valence-corrected chi connectivity index (χ1v) is 18.6. The van der Waals surface area contributed by atoms with Crippen molar-refractivity contribution in [2.24, 2.45) is 0 Å². The second kappa shape index (κ2) is 19.3. The van der Waals surface area contributed by atoms with Crippen molar-refractivity contribution >= 4 is 23.9 Å². The number of benzene rings is 5. The number of ether oxygens (including phenoxy) is 8. The van der Waals surface area contributed by atoms with E-state index in [0.717, 1.165) is 5.56 Å². The second-order valence-electron chi connectivity index (χ2n) is 13.4. The minimum Gasteiger partial charge on any atom is -0.459 e. The third kappa shape index (κ3) is 10.0. The molecule has 58 heavy (non-hydrogen) atoms. The molecule has 13 nitrogen and oxygen atoms in total. The third-order valence-electron chi connectivity index (χ3n) is 9.41. The fourth-order valence-electron chi connectivity index (χ4n) is 6.47. The zero-order valence-electron chi connectivity index (χ0n) is 31.0. The van der Waals surface area contributed by atoms with E-state index in [9.17, 15) is 24.3 Å². The van der Waals surface area contributed by atoms with Gasteiger partial charge in [-0.3, -0.25) is 0 Å². The van der Waals surface area contributed by atoms with Crippen LogP contribution in [0.1, 0.15) is 47.0 Å². The summed E-state index contributed by atoms with van der Waals surface area (Å²) < 4.78 is 48.3. The van der Waals surface area contributed by atoms with E-state index in [-0.39, 0.29) is 35.5 Å². The fraction of sp³-hybridized carbons (Fsp3) is 0.244. The summed E-state index contributed by atoms with van der Waals surface area (Å²) in [5, 5.41) is 11.2. The Morgan fingerprint density at radius 3 is 1.33 bits per heavy atom. The molecule has 0 amide bonds. The fourth-order valence-corrected chi connectivity index (χ4v) is 6.47. The van der Waals surface area contributed by atoms with Crippen molar-refractivity contribution in [3.8, 4) is 0 Å². The molecule has 2 saturated heterocycles. The Hall–Kier alpha value is -6.22. The molecule has 2 aliphatic rings. The quantitative estimate of drug-likeness (QED) is 0.104. The highest BCUT2D eigenvalue weighted by Crippen LogP contribution is 2.35. The summed E-state index contributed by atoms with van der Waals surface area (Å²) >= 11 is 0. The lowest BCUT2D eigenvalue weighted by Crippen LogP contribution is -2.46. The molecule has 0 aliphatic carbocycles. The predicted molar refractivity (Wildman–Crippen MR) is 204 cm³/mol. The number of carbonyl (C=O) groups is 4. The van der Waals surface area contributed by atoms with E-state index in [1.54, 1.807) is 121 Å². The first-order valence-electron chi connectivity index (χ1n) is 18.6. The first kappa shape index (κ1) is 40.0. The zero-order valence-corrected chi connectivity index (χ0v) is 31.0. The molecule has 0 spiro atoms. The van der Waals surface area contributed by atoms with Crippen LogP contribution < -0.4 is 0 Å². The summed E-state index contributed by atoms with van der Waals surface area (Å²) in [5.74, 6) is -2.81. The molecule has 5 aromatic rings. The highest BCUT2D eigenvalue weighted by atomic mass is 16.8. The predicted octanol–water partition coefficient (Wildman–Crippen LogP) is 5.56. The molecular formula is C45H40O13. The minimum absolute atomic E-state index is 0.0129. The van der Waals surface area contributed by atoms with E-state index >= 15 is 0 Å². The molecule has 2 heterocycles. The van der Waals surface area contributed by atoms with Crippen molar-refractivity contribution in [1.82, 2.24) is 0 Å². The van der Waals surface area contributed by atoms with E-state index in [4.69, 9.17) is 37.9 Å². The topological polar surface area (TPSA) is 162 Å². The lowest BCUT2D eigenvalue weighted by molar-refractivity contribution is -0.224. The number of aliphatic hydroxyl groups excluding tert-OH is 1. The smallest absolute Gasteiger partial charge is 0.338 e. The molecule has 5 aromatic carbocycles. The Morgan fingerprint density at radius 1 is 0.466 bits per heavy atom. The standard InChI is InChI=1S/C45H40O13/c46-40(30-18-8-2-9-19-30)52-27-34-36(38(44(50)54-34)57-43(49)33-24-14-5-15-25-33)58-45-39(51-26-29-16-6-1-7-17-29)37(56-42(48)32-22-12-4-13-23-32)35(55-45)28-53-41(47)31-20-10-3-11-21-31/h1-25,34-39,44-45,50H,26-28H2/t34-,35-,36-,37-,38+,39+,44+,45+/m1/s1. The van der Waals surface area contributed by atoms with Crippen molar-refractivity contribution < 1.29 is 62.2 Å². The van der Waals surface area contributed by atoms with Gasteiger partial charge in [-0.25, -0.2) is 19.2 Å². The Kier molecular flexibility index (Phi) is 13.3. The van der Waals surface area contributed by atoms with E-state index in [0.29, 0.717) is 0 Å². The number of hydrogen-bond donors (Lipinski definition) is 1. The number of rotatable bonds is 15. The highest BCUT2D eigenvalue weighted by Gasteiger charge is 2.55. The maximum absolute atomic E-state index is 13.6. The number of aliphatic hydroxyl groups is 1. The first-order chi connectivity index (χ1) is 28.3. The van der Waals surface area contributed by atoms with Gasteiger partial charge in [-0.2, -0.15) is 0 Å². The molecule has 0 saturated carbocycles. The van der Waals surface area contributed by atoms with E-state index in [1.807, 2.05) is 30.3 Å². The average Bonchev–Trinajstić information content (AvgIpc) is 3.75. The molecule has 13 heteroatoms. The summed E-state index contributed by atoms with van der Waals surface area (Å²) in [4.78, 5) is 53.0. The van der Waals surface area contributed by atoms with Gasteiger partial charge in [0, 0.05) is 0 Å². The van der Waals surface area contributed by atoms with Crippen molar-refractivity contribution in [3.05, 3.63) is 179 Å². The molecule has 1 N–H and O–H groups in total. The summed E-state index contributed by atoms with van der Waals surface area (Å²) in [7, 11) is 0. The van der Waals surface area contributed by atoms with E-state index in [1.165, 1.54) is 0 Å². The van der Waals surface area contributed by atoms with Crippen molar-refractivity contribution in [2.75, 3.05) is 13.2 Å². The molecule has 0 radical (unpaired) electrons. The second-order valence-corrected chi connectivity index (χ2v) is 13.4. The van der Waals surface area contributed by atoms with Gasteiger partial charge in [0.1, 0.15) is 37.6 Å². The molecule has 2 fully saturated rings. The number of esters is 4. The molecular weight excluding hydrogens is 748 g/mol. The summed E-state index contributed by atoms with van der Waals surface area (Å²) in [5.41, 5.74) is 1.77. The molecule has 7 rings (SSSR count). The molecule has 8 atom stereocenters. The van der Waals surface area contributed by atoms with Crippen LogP contribution in [0.5, 0.6) is 0 Å². The Labute approximate surface area is 333 Å². The van der Waals surface area contributed by atoms with E-state index < -0.39 is 79.7 Å². The maximum Gasteiger partial charge on any atom is 0.338 e. The van der Waals surface area contributed by atoms with Gasteiger partial charge in [-0.15, -0.1) is 0 Å². The van der Waals surface area contributed by atoms with Gasteiger partial charge in [-0.05, 0) is 54.1 Å². The van der Waals surface area contributed by atoms with Gasteiger partial charge < -0.3 is 43.0 Å². The van der Waals surface area contributed by atoms with Crippen molar-refractivity contribution in [1.29, 1.82) is 0 Å². The van der Waals surface area contributed by atoms with Crippen LogP contribution in [-0.4, -0.2) is 91.4 Å². The van der Waals surface area contributed by atoms with Crippen LogP contribution in [0.25, 0.3) is 0 Å². The van der Waals surface area contributed by atoms with Crippen LogP contribution in [-0.2, 0) is 44.5 Å². The molecule has 0 unspecified atom stereocenters. The van der Waals surface area contributed by atoms with Crippen LogP contribution in [0.3, 0.4) is 0 Å². The van der Waals surface area contributed by atoms with Gasteiger partial charge in [0.05, 0.1) is 28.9 Å². The van der Waals surface area contributed by atoms with Crippen molar-refractivity contribution in [2.45, 2.75) is 55.8 Å². The molecule has 298 valence electrons. The van der Waals surface area contributed by atoms with Gasteiger partial charge in [-0.1, -0.05) is 103 Å². The monoisotopic (exact) mass is 788 g/mol. The van der Waals surface area contributed by atoms with E-state index in [2.05, 4.69) is 0 Å². The molecule has 0 bridgehead atoms. The summed E-state index contributed by atoms with van der Waals surface area (Å²) in [6, 6.07) is 42.2. The van der Waals surface area contributed by atoms with Gasteiger partial charge >= 0.3 is 23.9 Å². The minimum atomic E-state index is -1.72. The lowest BCUT2D eigenvalue weighted by atomic mass is 10.1. The third-order valence-corrected chi connectivity index (χ3v) is 9.41. The highest BCUT2D eigenvalue weighted by molar-refractivity contribution is 5.91. The number of hydrogen-bond acceptors (Lipinski definition) is 13. The SMILES string of the molecule is O=C(OC[C@H]1O[C@@H](O[C@H]2[C@H](OC(=O)c3ccccc3)[C@@H](O)O[C@@H]2COC(=O)c2ccccc2)[C@@H](OCc2ccccc2)[C@@H]1OC(=O)c1ccccc1)c1ccccc1. The lowest BCUT2D eigenvalue weighted by Gasteiger charge is -2.29. The summed E-state index contributed by atoms with van der Waals surface area (Å²) in [6.45, 7) is -0.805. The Morgan fingerprint density at radius 2 is 0.862 bits per heavy atom. The average molecular weight is 789 g/mol. The zero-order chi connectivity index (χ0) is 40.3. The molecule has 2 aliphatic heterocycles. The van der Waals surface area contributed by atoms with Gasteiger partial charge in [0.15, 0.2) is 24.8 Å². The van der Waals surface area contributed by atoms with Crippen LogP contribution in [0.15, 0.2) is 152 Å². The number of carbonyl (C=O) groups excluding carboxylic acids is 4. The maximum atomic E-state index is 13.6. The van der Waals surface area contributed by atoms with Crippen LogP contribution in [0.4, 0.5) is 0 Å². The summed E-state index contributed by atoms with van der Waals surface area (Å²) in [6.07, 6.45) is -10.7. The Bertz CT molecular complexity index is 2100. The largest absolute Gasteiger partial charge is 0.459 e. The van der Waals surface area contributed by atoms with Crippen LogP contribution in [0, 0.1) is 0 Å². The van der Waals surface area contributed by atoms with Gasteiger partial charge in [0.2, 0.25) is 0 Å². The Balaban J connectivity index is 1.19.